The average molecular weight is 266 g/mol. The predicted molar refractivity (Wildman–Crippen MR) is 69.5 cm³/mol. The highest BCUT2D eigenvalue weighted by atomic mass is 16.6. The summed E-state index contributed by atoms with van der Waals surface area (Å²) in [5, 5.41) is 0. The second kappa shape index (κ2) is 4.20. The highest BCUT2D eigenvalue weighted by Gasteiger charge is 2.59. The molecule has 0 aromatic carbocycles. The third-order valence-corrected chi connectivity index (χ3v) is 4.82. The van der Waals surface area contributed by atoms with Crippen molar-refractivity contribution in [1.29, 1.82) is 0 Å². The highest BCUT2D eigenvalue weighted by molar-refractivity contribution is 5.91. The molecule has 3 rings (SSSR count). The monoisotopic (exact) mass is 266 g/mol. The molecule has 0 bridgehead atoms. The lowest BCUT2D eigenvalue weighted by Crippen LogP contribution is -2.63. The molecule has 0 radical (unpaired) electrons. The third kappa shape index (κ3) is 2.24. The van der Waals surface area contributed by atoms with Gasteiger partial charge in [0.2, 0.25) is 0 Å². The van der Waals surface area contributed by atoms with E-state index in [1.54, 1.807) is 0 Å². The number of hydrogen-bond acceptors (Lipinski definition) is 4. The molecule has 1 amide bonds. The van der Waals surface area contributed by atoms with Crippen LogP contribution in [0.4, 0.5) is 0 Å². The van der Waals surface area contributed by atoms with Crippen LogP contribution in [0.2, 0.25) is 0 Å². The van der Waals surface area contributed by atoms with Crippen LogP contribution in [0.5, 0.6) is 0 Å². The number of carbonyl (C=O) groups is 2. The van der Waals surface area contributed by atoms with Gasteiger partial charge in [0.25, 0.3) is 5.91 Å². The smallest absolute Gasteiger partial charge is 0.303 e. The molecule has 106 valence electrons. The van der Waals surface area contributed by atoms with Crippen LogP contribution in [0.1, 0.15) is 32.6 Å². The summed E-state index contributed by atoms with van der Waals surface area (Å²) in [6, 6.07) is 0. The molecule has 2 saturated heterocycles. The molecule has 3 aliphatic rings. The lowest BCUT2D eigenvalue weighted by molar-refractivity contribution is -0.170. The molecule has 3 fully saturated rings. The van der Waals surface area contributed by atoms with Gasteiger partial charge >= 0.3 is 5.97 Å². The van der Waals surface area contributed by atoms with Gasteiger partial charge < -0.3 is 14.5 Å². The van der Waals surface area contributed by atoms with Crippen LogP contribution in [0.25, 0.3) is 0 Å². The lowest BCUT2D eigenvalue weighted by atomic mass is 9.72. The van der Waals surface area contributed by atoms with Gasteiger partial charge in [-0.2, -0.15) is 0 Å². The normalized spacial score (nSPS) is 27.8. The Balaban J connectivity index is 1.56. The predicted octanol–water partition coefficient (Wildman–Crippen LogP) is 0.636. The van der Waals surface area contributed by atoms with Gasteiger partial charge in [-0.05, 0) is 33.0 Å². The van der Waals surface area contributed by atoms with Crippen LogP contribution in [0, 0.1) is 5.41 Å². The summed E-state index contributed by atoms with van der Waals surface area (Å²) < 4.78 is 5.22. The molecule has 19 heavy (non-hydrogen) atoms. The van der Waals surface area contributed by atoms with Crippen LogP contribution in [-0.2, 0) is 14.3 Å². The minimum absolute atomic E-state index is 0.0345. The fourth-order valence-corrected chi connectivity index (χ4v) is 3.35. The zero-order valence-electron chi connectivity index (χ0n) is 11.8. The number of hydrogen-bond donors (Lipinski definition) is 0. The van der Waals surface area contributed by atoms with Crippen molar-refractivity contribution in [2.24, 2.45) is 5.41 Å². The quantitative estimate of drug-likeness (QED) is 0.688. The third-order valence-electron chi connectivity index (χ3n) is 4.82. The molecule has 1 spiro atoms. The van der Waals surface area contributed by atoms with Gasteiger partial charge in [0.15, 0.2) is 5.60 Å². The maximum atomic E-state index is 12.4. The summed E-state index contributed by atoms with van der Waals surface area (Å²) in [4.78, 5) is 27.7. The number of esters is 1. The number of amides is 1. The molecule has 2 aliphatic heterocycles. The first-order valence-electron chi connectivity index (χ1n) is 7.12. The Hall–Kier alpha value is -1.10. The van der Waals surface area contributed by atoms with Gasteiger partial charge in [-0.1, -0.05) is 0 Å². The van der Waals surface area contributed by atoms with E-state index in [0.29, 0.717) is 18.3 Å². The van der Waals surface area contributed by atoms with Gasteiger partial charge in [-0.3, -0.25) is 9.59 Å². The van der Waals surface area contributed by atoms with Crippen LogP contribution in [0.3, 0.4) is 0 Å². The average Bonchev–Trinajstić information content (AvgIpc) is 3.07. The molecule has 0 unspecified atom stereocenters. The molecule has 0 aromatic heterocycles. The number of ether oxygens (including phenoxy) is 1. The Labute approximate surface area is 113 Å². The van der Waals surface area contributed by atoms with Gasteiger partial charge in [0.1, 0.15) is 0 Å². The van der Waals surface area contributed by atoms with Crippen molar-refractivity contribution >= 4 is 11.9 Å². The number of likely N-dealkylation sites (tertiary alicyclic amines) is 2. The van der Waals surface area contributed by atoms with Gasteiger partial charge in [0, 0.05) is 38.3 Å². The molecule has 1 aliphatic carbocycles. The van der Waals surface area contributed by atoms with Crippen molar-refractivity contribution in [3.8, 4) is 0 Å². The number of nitrogens with zero attached hydrogens (tertiary/aromatic N) is 2. The fraction of sp³-hybridized carbons (Fsp3) is 0.857. The van der Waals surface area contributed by atoms with Crippen LogP contribution < -0.4 is 0 Å². The van der Waals surface area contributed by atoms with Gasteiger partial charge in [-0.25, -0.2) is 0 Å². The fourth-order valence-electron chi connectivity index (χ4n) is 3.35. The first-order valence-corrected chi connectivity index (χ1v) is 7.12. The van der Waals surface area contributed by atoms with Crippen molar-refractivity contribution in [3.63, 3.8) is 0 Å². The van der Waals surface area contributed by atoms with E-state index in [0.717, 1.165) is 26.2 Å². The van der Waals surface area contributed by atoms with Crippen molar-refractivity contribution in [2.45, 2.75) is 38.2 Å². The van der Waals surface area contributed by atoms with E-state index in [1.165, 1.54) is 19.8 Å². The largest absolute Gasteiger partial charge is 0.449 e. The summed E-state index contributed by atoms with van der Waals surface area (Å²) >= 11 is 0. The first kappa shape index (κ1) is 12.9. The minimum atomic E-state index is -0.793. The molecule has 5 nitrogen and oxygen atoms in total. The van der Waals surface area contributed by atoms with E-state index < -0.39 is 5.60 Å². The Morgan fingerprint density at radius 3 is 2.11 bits per heavy atom. The van der Waals surface area contributed by atoms with Crippen molar-refractivity contribution in [1.82, 2.24) is 9.80 Å². The lowest BCUT2D eigenvalue weighted by Gasteiger charge is -2.54. The first-order chi connectivity index (χ1) is 8.95. The minimum Gasteiger partial charge on any atom is -0.449 e. The molecule has 0 N–H and O–H groups in total. The summed E-state index contributed by atoms with van der Waals surface area (Å²) in [5.74, 6) is -0.312. The van der Waals surface area contributed by atoms with E-state index in [2.05, 4.69) is 11.9 Å². The molecular formula is C14H22N2O3. The summed E-state index contributed by atoms with van der Waals surface area (Å²) in [7, 11) is 2.15. The van der Waals surface area contributed by atoms with Crippen molar-refractivity contribution in [2.75, 3.05) is 33.2 Å². The summed E-state index contributed by atoms with van der Waals surface area (Å²) in [5.41, 5.74) is -0.451. The summed E-state index contributed by atoms with van der Waals surface area (Å²) in [6.07, 6.45) is 3.73. The number of piperidine rings is 1. The second-order valence-electron chi connectivity index (χ2n) is 6.55. The number of carbonyl (C=O) groups excluding carboxylic acids is 2. The Morgan fingerprint density at radius 1 is 1.05 bits per heavy atom. The van der Waals surface area contributed by atoms with Crippen LogP contribution in [0.15, 0.2) is 0 Å². The number of rotatable bonds is 2. The van der Waals surface area contributed by atoms with Crippen LogP contribution in [-0.4, -0.2) is 60.5 Å². The maximum Gasteiger partial charge on any atom is 0.303 e. The molecule has 1 saturated carbocycles. The highest BCUT2D eigenvalue weighted by Crippen LogP contribution is 2.46. The molecule has 0 atom stereocenters. The summed E-state index contributed by atoms with van der Waals surface area (Å²) in [6.45, 7) is 5.32. The van der Waals surface area contributed by atoms with E-state index in [4.69, 9.17) is 4.74 Å². The van der Waals surface area contributed by atoms with E-state index in [9.17, 15) is 9.59 Å². The Morgan fingerprint density at radius 2 is 1.63 bits per heavy atom. The zero-order valence-corrected chi connectivity index (χ0v) is 11.8. The Bertz CT molecular complexity index is 401. The standard InChI is InChI=1S/C14H22N2O3/c1-11(17)19-14(3-4-14)12(18)16-9-13(10-16)5-7-15(2)8-6-13/h3-10H2,1-2H3. The molecular weight excluding hydrogens is 244 g/mol. The van der Waals surface area contributed by atoms with Crippen molar-refractivity contribution < 1.29 is 14.3 Å². The molecule has 0 aromatic rings. The van der Waals surface area contributed by atoms with Crippen LogP contribution >= 0.6 is 0 Å². The van der Waals surface area contributed by atoms with Gasteiger partial charge in [0.05, 0.1) is 0 Å². The van der Waals surface area contributed by atoms with Gasteiger partial charge in [-0.15, -0.1) is 0 Å². The molecule has 5 heteroatoms. The van der Waals surface area contributed by atoms with E-state index >= 15 is 0 Å². The maximum absolute atomic E-state index is 12.4. The van der Waals surface area contributed by atoms with E-state index in [-0.39, 0.29) is 11.9 Å². The van der Waals surface area contributed by atoms with E-state index in [1.807, 2.05) is 4.90 Å². The SMILES string of the molecule is CC(=O)OC1(C(=O)N2CC3(CCN(C)CC3)C2)CC1. The topological polar surface area (TPSA) is 49.9 Å². The Kier molecular flexibility index (Phi) is 2.85. The zero-order chi connectivity index (χ0) is 13.7. The second-order valence-corrected chi connectivity index (χ2v) is 6.55. The van der Waals surface area contributed by atoms with Crippen molar-refractivity contribution in [3.05, 3.63) is 0 Å². The molecule has 2 heterocycles.